The summed E-state index contributed by atoms with van der Waals surface area (Å²) in [5, 5.41) is 0.620. The first-order chi connectivity index (χ1) is 11.2. The van der Waals surface area contributed by atoms with Gasteiger partial charge in [-0.15, -0.1) is 0 Å². The lowest BCUT2D eigenvalue weighted by Gasteiger charge is -2.09. The highest BCUT2D eigenvalue weighted by Gasteiger charge is 2.12. The summed E-state index contributed by atoms with van der Waals surface area (Å²) in [6, 6.07) is 11.9. The Morgan fingerprint density at radius 1 is 1.13 bits per heavy atom. The van der Waals surface area contributed by atoms with E-state index in [1.807, 2.05) is 0 Å². The Morgan fingerprint density at radius 2 is 2.00 bits per heavy atom. The molecule has 0 spiro atoms. The van der Waals surface area contributed by atoms with E-state index in [2.05, 4.69) is 23.2 Å². The van der Waals surface area contributed by atoms with E-state index in [9.17, 15) is 4.79 Å². The zero-order valence-corrected chi connectivity index (χ0v) is 13.1. The third kappa shape index (κ3) is 2.50. The maximum absolute atomic E-state index is 12.6. The highest BCUT2D eigenvalue weighted by Crippen LogP contribution is 2.23. The molecule has 0 saturated heterocycles. The molecule has 0 radical (unpaired) electrons. The third-order valence-corrected chi connectivity index (χ3v) is 4.55. The van der Waals surface area contributed by atoms with Crippen LogP contribution in [0.5, 0.6) is 5.75 Å². The standard InChI is InChI=1S/C19H18N2O2/c1-23-16-7-8-17-18(10-16)20-12-21(19(17)22)11-13-5-6-14-3-2-4-15(14)9-13/h5-10,12H,2-4,11H2,1H3. The van der Waals surface area contributed by atoms with E-state index >= 15 is 0 Å². The van der Waals surface area contributed by atoms with E-state index in [1.54, 1.807) is 36.2 Å². The van der Waals surface area contributed by atoms with Crippen LogP contribution in [0.25, 0.3) is 10.9 Å². The summed E-state index contributed by atoms with van der Waals surface area (Å²) < 4.78 is 6.85. The van der Waals surface area contributed by atoms with Crippen LogP contribution in [0.1, 0.15) is 23.1 Å². The topological polar surface area (TPSA) is 44.1 Å². The molecule has 0 atom stereocenters. The van der Waals surface area contributed by atoms with Crippen molar-refractivity contribution in [2.45, 2.75) is 25.8 Å². The number of methoxy groups -OCH3 is 1. The molecule has 4 nitrogen and oxygen atoms in total. The van der Waals surface area contributed by atoms with Crippen LogP contribution in [-0.2, 0) is 19.4 Å². The largest absolute Gasteiger partial charge is 0.497 e. The first-order valence-electron chi connectivity index (χ1n) is 7.88. The van der Waals surface area contributed by atoms with Gasteiger partial charge in [0.2, 0.25) is 0 Å². The molecule has 0 aliphatic heterocycles. The molecular formula is C19H18N2O2. The van der Waals surface area contributed by atoms with Crippen molar-refractivity contribution in [2.75, 3.05) is 7.11 Å². The van der Waals surface area contributed by atoms with Crippen molar-refractivity contribution in [3.63, 3.8) is 0 Å². The molecule has 1 aliphatic carbocycles. The Kier molecular flexibility index (Phi) is 3.37. The Labute approximate surface area is 134 Å². The number of ether oxygens (including phenoxy) is 1. The second-order valence-corrected chi connectivity index (χ2v) is 6.02. The van der Waals surface area contributed by atoms with Crippen LogP contribution in [-0.4, -0.2) is 16.7 Å². The third-order valence-electron chi connectivity index (χ3n) is 4.55. The monoisotopic (exact) mass is 306 g/mol. The van der Waals surface area contributed by atoms with E-state index in [4.69, 9.17) is 4.74 Å². The molecule has 0 N–H and O–H groups in total. The van der Waals surface area contributed by atoms with Gasteiger partial charge in [0, 0.05) is 6.07 Å². The van der Waals surface area contributed by atoms with E-state index in [-0.39, 0.29) is 5.56 Å². The van der Waals surface area contributed by atoms with Crippen LogP contribution in [0.2, 0.25) is 0 Å². The Hall–Kier alpha value is -2.62. The molecule has 23 heavy (non-hydrogen) atoms. The highest BCUT2D eigenvalue weighted by atomic mass is 16.5. The fourth-order valence-corrected chi connectivity index (χ4v) is 3.30. The van der Waals surface area contributed by atoms with Gasteiger partial charge >= 0.3 is 0 Å². The molecule has 0 fully saturated rings. The SMILES string of the molecule is COc1ccc2c(=O)n(Cc3ccc4c(c3)CCC4)cnc2c1. The molecule has 3 aromatic rings. The fourth-order valence-electron chi connectivity index (χ4n) is 3.30. The van der Waals surface area contributed by atoms with Crippen LogP contribution in [0.3, 0.4) is 0 Å². The molecule has 4 heteroatoms. The number of aromatic nitrogens is 2. The molecule has 0 unspecified atom stereocenters. The lowest BCUT2D eigenvalue weighted by Crippen LogP contribution is -2.21. The van der Waals surface area contributed by atoms with Crippen LogP contribution < -0.4 is 10.3 Å². The average molecular weight is 306 g/mol. The Bertz CT molecular complexity index is 944. The minimum atomic E-state index is -0.0156. The van der Waals surface area contributed by atoms with Crippen molar-refractivity contribution in [2.24, 2.45) is 0 Å². The molecule has 1 aliphatic rings. The first kappa shape index (κ1) is 14.0. The minimum Gasteiger partial charge on any atom is -0.497 e. The summed E-state index contributed by atoms with van der Waals surface area (Å²) in [6.07, 6.45) is 5.18. The lowest BCUT2D eigenvalue weighted by atomic mass is 10.1. The molecule has 0 amide bonds. The number of nitrogens with zero attached hydrogens (tertiary/aromatic N) is 2. The van der Waals surface area contributed by atoms with Gasteiger partial charge in [-0.05, 0) is 48.1 Å². The number of benzene rings is 2. The number of aryl methyl sites for hydroxylation is 2. The quantitative estimate of drug-likeness (QED) is 0.747. The molecule has 116 valence electrons. The number of rotatable bonds is 3. The van der Waals surface area contributed by atoms with Gasteiger partial charge in [0.15, 0.2) is 0 Å². The van der Waals surface area contributed by atoms with Gasteiger partial charge in [0.25, 0.3) is 5.56 Å². The van der Waals surface area contributed by atoms with Crippen molar-refractivity contribution >= 4 is 10.9 Å². The Balaban J connectivity index is 1.72. The zero-order chi connectivity index (χ0) is 15.8. The van der Waals surface area contributed by atoms with Crippen molar-refractivity contribution in [1.29, 1.82) is 0 Å². The van der Waals surface area contributed by atoms with Crippen molar-refractivity contribution in [3.05, 3.63) is 69.8 Å². The number of fused-ring (bicyclic) bond motifs is 2. The maximum atomic E-state index is 12.6. The summed E-state index contributed by atoms with van der Waals surface area (Å²) in [5.74, 6) is 0.709. The van der Waals surface area contributed by atoms with Gasteiger partial charge < -0.3 is 4.74 Å². The molecule has 1 heterocycles. The van der Waals surface area contributed by atoms with Gasteiger partial charge in [-0.3, -0.25) is 9.36 Å². The summed E-state index contributed by atoms with van der Waals surface area (Å²) in [4.78, 5) is 17.1. The first-order valence-corrected chi connectivity index (χ1v) is 7.88. The van der Waals surface area contributed by atoms with E-state index in [0.717, 1.165) is 12.0 Å². The molecule has 1 aromatic heterocycles. The molecule has 0 bridgehead atoms. The molecule has 0 saturated carbocycles. The van der Waals surface area contributed by atoms with E-state index in [0.29, 0.717) is 23.2 Å². The van der Waals surface area contributed by atoms with Crippen LogP contribution in [0.15, 0.2) is 47.5 Å². The molecule has 2 aromatic carbocycles. The van der Waals surface area contributed by atoms with Gasteiger partial charge in [0.1, 0.15) is 5.75 Å². The van der Waals surface area contributed by atoms with Gasteiger partial charge in [-0.2, -0.15) is 0 Å². The lowest BCUT2D eigenvalue weighted by molar-refractivity contribution is 0.415. The van der Waals surface area contributed by atoms with E-state index < -0.39 is 0 Å². The summed E-state index contributed by atoms with van der Waals surface area (Å²) >= 11 is 0. The van der Waals surface area contributed by atoms with Gasteiger partial charge in [-0.25, -0.2) is 4.98 Å². The summed E-state index contributed by atoms with van der Waals surface area (Å²) in [5.41, 5.74) is 4.68. The molecular weight excluding hydrogens is 288 g/mol. The minimum absolute atomic E-state index is 0.0156. The van der Waals surface area contributed by atoms with Gasteiger partial charge in [-0.1, -0.05) is 18.2 Å². The highest BCUT2D eigenvalue weighted by molar-refractivity contribution is 5.78. The Morgan fingerprint density at radius 3 is 2.87 bits per heavy atom. The fraction of sp³-hybridized carbons (Fsp3) is 0.263. The van der Waals surface area contributed by atoms with Crippen LogP contribution >= 0.6 is 0 Å². The second kappa shape index (κ2) is 5.54. The van der Waals surface area contributed by atoms with E-state index in [1.165, 1.54) is 24.0 Å². The average Bonchev–Trinajstić information content (AvgIpc) is 3.05. The van der Waals surface area contributed by atoms with Crippen molar-refractivity contribution < 1.29 is 4.74 Å². The predicted molar refractivity (Wildman–Crippen MR) is 90.1 cm³/mol. The summed E-state index contributed by atoms with van der Waals surface area (Å²) in [7, 11) is 1.61. The normalized spacial score (nSPS) is 13.3. The maximum Gasteiger partial charge on any atom is 0.261 e. The summed E-state index contributed by atoms with van der Waals surface area (Å²) in [6.45, 7) is 0.557. The van der Waals surface area contributed by atoms with Crippen molar-refractivity contribution in [3.8, 4) is 5.75 Å². The number of hydrogen-bond donors (Lipinski definition) is 0. The predicted octanol–water partition coefficient (Wildman–Crippen LogP) is 2.94. The smallest absolute Gasteiger partial charge is 0.261 e. The zero-order valence-electron chi connectivity index (χ0n) is 13.1. The van der Waals surface area contributed by atoms with Crippen molar-refractivity contribution in [1.82, 2.24) is 9.55 Å². The van der Waals surface area contributed by atoms with Gasteiger partial charge in [0.05, 0.1) is 30.9 Å². The number of hydrogen-bond acceptors (Lipinski definition) is 3. The second-order valence-electron chi connectivity index (χ2n) is 6.02. The van der Waals surface area contributed by atoms with Crippen LogP contribution in [0, 0.1) is 0 Å². The molecule has 4 rings (SSSR count). The van der Waals surface area contributed by atoms with Crippen LogP contribution in [0.4, 0.5) is 0 Å².